The number of ketones is 1. The molecule has 0 saturated carbocycles. The Labute approximate surface area is 190 Å². The van der Waals surface area contributed by atoms with Crippen molar-refractivity contribution < 1.29 is 19.4 Å². The number of ether oxygens (including phenoxy) is 1. The van der Waals surface area contributed by atoms with Crippen molar-refractivity contribution in [3.8, 4) is 5.75 Å². The van der Waals surface area contributed by atoms with Gasteiger partial charge in [-0.1, -0.05) is 57.9 Å². The van der Waals surface area contributed by atoms with Crippen LogP contribution in [0.3, 0.4) is 0 Å². The normalized spacial score (nSPS) is 17.9. The maximum absolute atomic E-state index is 13.1. The van der Waals surface area contributed by atoms with Gasteiger partial charge in [0.25, 0.3) is 11.7 Å². The number of methoxy groups -OCH3 is 1. The zero-order valence-corrected chi connectivity index (χ0v) is 19.6. The van der Waals surface area contributed by atoms with Crippen LogP contribution in [0.25, 0.3) is 5.76 Å². The number of aliphatic hydroxyl groups excluding tert-OH is 1. The Hall–Kier alpha value is -3.08. The van der Waals surface area contributed by atoms with E-state index in [1.165, 1.54) is 5.56 Å². The van der Waals surface area contributed by atoms with Crippen LogP contribution in [0.5, 0.6) is 5.75 Å². The minimum absolute atomic E-state index is 0.147. The molecule has 1 fully saturated rings. The third-order valence-electron chi connectivity index (χ3n) is 6.13. The molecule has 1 aliphatic rings. The summed E-state index contributed by atoms with van der Waals surface area (Å²) in [6.45, 7) is 8.70. The smallest absolute Gasteiger partial charge is 0.295 e. The molecule has 5 heteroatoms. The predicted molar refractivity (Wildman–Crippen MR) is 127 cm³/mol. The first-order chi connectivity index (χ1) is 15.3. The molecule has 1 saturated heterocycles. The van der Waals surface area contributed by atoms with Crippen LogP contribution in [0.1, 0.15) is 74.2 Å². The van der Waals surface area contributed by atoms with E-state index in [1.807, 2.05) is 31.2 Å². The van der Waals surface area contributed by atoms with Gasteiger partial charge < -0.3 is 14.7 Å². The highest BCUT2D eigenvalue weighted by molar-refractivity contribution is 6.46. The van der Waals surface area contributed by atoms with E-state index in [9.17, 15) is 14.7 Å². The number of carbonyl (C=O) groups is 2. The first-order valence-corrected chi connectivity index (χ1v) is 11.3. The first-order valence-electron chi connectivity index (χ1n) is 11.3. The Morgan fingerprint density at radius 1 is 1.09 bits per heavy atom. The Morgan fingerprint density at radius 3 is 2.34 bits per heavy atom. The predicted octanol–water partition coefficient (Wildman–Crippen LogP) is 5.74. The van der Waals surface area contributed by atoms with E-state index in [2.05, 4.69) is 20.8 Å². The molecule has 0 bridgehead atoms. The molecule has 170 valence electrons. The highest BCUT2D eigenvalue weighted by Crippen LogP contribution is 2.40. The monoisotopic (exact) mass is 435 g/mol. The number of likely N-dealkylation sites (tertiary alicyclic amines) is 1. The molecule has 0 aromatic heterocycles. The van der Waals surface area contributed by atoms with Gasteiger partial charge in [0.2, 0.25) is 0 Å². The number of nitrogens with zero attached hydrogens (tertiary/aromatic N) is 1. The van der Waals surface area contributed by atoms with Crippen molar-refractivity contribution in [2.24, 2.45) is 0 Å². The number of carbonyl (C=O) groups excluding carboxylic acids is 2. The average Bonchev–Trinajstić information content (AvgIpc) is 3.03. The SMILES string of the molecule is CCCCCN1C(=O)C(=O)/C(=C(\O)c2ccc(OC)c(C)c2)C1c1ccc(C(C)C)cc1. The van der Waals surface area contributed by atoms with E-state index >= 15 is 0 Å². The zero-order valence-electron chi connectivity index (χ0n) is 19.6. The van der Waals surface area contributed by atoms with Crippen molar-refractivity contribution in [2.45, 2.75) is 58.9 Å². The molecule has 5 nitrogen and oxygen atoms in total. The molecular formula is C27H33NO4. The highest BCUT2D eigenvalue weighted by atomic mass is 16.5. The summed E-state index contributed by atoms with van der Waals surface area (Å²) in [5.41, 5.74) is 3.50. The maximum atomic E-state index is 13.1. The molecule has 2 aromatic carbocycles. The van der Waals surface area contributed by atoms with Crippen molar-refractivity contribution in [3.63, 3.8) is 0 Å². The second-order valence-corrected chi connectivity index (χ2v) is 8.71. The molecule has 1 aliphatic heterocycles. The third kappa shape index (κ3) is 4.57. The highest BCUT2D eigenvalue weighted by Gasteiger charge is 2.45. The van der Waals surface area contributed by atoms with Gasteiger partial charge in [0.05, 0.1) is 18.7 Å². The lowest BCUT2D eigenvalue weighted by atomic mass is 9.93. The van der Waals surface area contributed by atoms with Gasteiger partial charge in [-0.05, 0) is 54.2 Å². The Bertz CT molecular complexity index is 1020. The van der Waals surface area contributed by atoms with Gasteiger partial charge >= 0.3 is 0 Å². The molecule has 3 rings (SSSR count). The first kappa shape index (κ1) is 23.6. The van der Waals surface area contributed by atoms with Crippen LogP contribution in [0.2, 0.25) is 0 Å². The van der Waals surface area contributed by atoms with Crippen molar-refractivity contribution in [1.29, 1.82) is 0 Å². The second-order valence-electron chi connectivity index (χ2n) is 8.71. The summed E-state index contributed by atoms with van der Waals surface area (Å²) in [6.07, 6.45) is 2.80. The quantitative estimate of drug-likeness (QED) is 0.249. The molecule has 1 amide bonds. The van der Waals surface area contributed by atoms with Gasteiger partial charge in [0.1, 0.15) is 11.5 Å². The summed E-state index contributed by atoms with van der Waals surface area (Å²) < 4.78 is 5.31. The average molecular weight is 436 g/mol. The van der Waals surface area contributed by atoms with Crippen LogP contribution in [0.15, 0.2) is 48.0 Å². The molecule has 1 unspecified atom stereocenters. The van der Waals surface area contributed by atoms with Crippen LogP contribution in [-0.4, -0.2) is 35.4 Å². The van der Waals surface area contributed by atoms with E-state index < -0.39 is 17.7 Å². The summed E-state index contributed by atoms with van der Waals surface area (Å²) in [5.74, 6) is -0.258. The van der Waals surface area contributed by atoms with Crippen LogP contribution in [-0.2, 0) is 9.59 Å². The van der Waals surface area contributed by atoms with Crippen LogP contribution in [0.4, 0.5) is 0 Å². The van der Waals surface area contributed by atoms with Crippen molar-refractivity contribution in [2.75, 3.05) is 13.7 Å². The van der Waals surface area contributed by atoms with Crippen LogP contribution in [0, 0.1) is 6.92 Å². The number of benzene rings is 2. The zero-order chi connectivity index (χ0) is 23.4. The van der Waals surface area contributed by atoms with E-state index in [0.717, 1.165) is 30.4 Å². The number of Topliss-reactive ketones (excluding diaryl/α,β-unsaturated/α-hetero) is 1. The van der Waals surface area contributed by atoms with Gasteiger partial charge in [-0.15, -0.1) is 0 Å². The Kier molecular flexibility index (Phi) is 7.39. The molecule has 1 N–H and O–H groups in total. The number of aryl methyl sites for hydroxylation is 1. The number of hydrogen-bond acceptors (Lipinski definition) is 4. The molecule has 32 heavy (non-hydrogen) atoms. The minimum Gasteiger partial charge on any atom is -0.507 e. The Morgan fingerprint density at radius 2 is 1.78 bits per heavy atom. The minimum atomic E-state index is -0.634. The fourth-order valence-electron chi connectivity index (χ4n) is 4.23. The third-order valence-corrected chi connectivity index (χ3v) is 6.13. The Balaban J connectivity index is 2.12. The number of rotatable bonds is 8. The molecule has 0 spiro atoms. The van der Waals surface area contributed by atoms with Gasteiger partial charge in [0, 0.05) is 12.1 Å². The second kappa shape index (κ2) is 10.0. The maximum Gasteiger partial charge on any atom is 0.295 e. The summed E-state index contributed by atoms with van der Waals surface area (Å²) in [5, 5.41) is 11.2. The van der Waals surface area contributed by atoms with Crippen molar-refractivity contribution in [3.05, 3.63) is 70.3 Å². The van der Waals surface area contributed by atoms with Crippen LogP contribution >= 0.6 is 0 Å². The fraction of sp³-hybridized carbons (Fsp3) is 0.407. The van der Waals surface area contributed by atoms with E-state index in [1.54, 1.807) is 30.2 Å². The van der Waals surface area contributed by atoms with Crippen molar-refractivity contribution >= 4 is 17.4 Å². The number of hydrogen-bond donors (Lipinski definition) is 1. The largest absolute Gasteiger partial charge is 0.507 e. The number of amides is 1. The van der Waals surface area contributed by atoms with Crippen molar-refractivity contribution in [1.82, 2.24) is 4.90 Å². The van der Waals surface area contributed by atoms with Gasteiger partial charge in [-0.2, -0.15) is 0 Å². The number of aliphatic hydroxyl groups is 1. The summed E-state index contributed by atoms with van der Waals surface area (Å²) in [6, 6.07) is 12.6. The molecule has 0 aliphatic carbocycles. The lowest BCUT2D eigenvalue weighted by molar-refractivity contribution is -0.139. The van der Waals surface area contributed by atoms with Gasteiger partial charge in [0.15, 0.2) is 0 Å². The lowest BCUT2D eigenvalue weighted by Gasteiger charge is -2.25. The topological polar surface area (TPSA) is 66.8 Å². The molecular weight excluding hydrogens is 402 g/mol. The van der Waals surface area contributed by atoms with E-state index in [0.29, 0.717) is 23.8 Å². The lowest BCUT2D eigenvalue weighted by Crippen LogP contribution is -2.30. The van der Waals surface area contributed by atoms with Gasteiger partial charge in [-0.25, -0.2) is 0 Å². The standard InChI is InChI=1S/C27H33NO4/c1-6-7-8-15-28-24(20-11-9-19(10-12-20)17(2)3)23(26(30)27(28)31)25(29)21-13-14-22(32-5)18(4)16-21/h9-14,16-17,24,29H,6-8,15H2,1-5H3/b25-23-. The summed E-state index contributed by atoms with van der Waals surface area (Å²) in [4.78, 5) is 27.7. The molecule has 1 heterocycles. The van der Waals surface area contributed by atoms with E-state index in [4.69, 9.17) is 4.74 Å². The molecule has 1 atom stereocenters. The fourth-order valence-corrected chi connectivity index (χ4v) is 4.23. The summed E-state index contributed by atoms with van der Waals surface area (Å²) >= 11 is 0. The van der Waals surface area contributed by atoms with Crippen LogP contribution < -0.4 is 4.74 Å². The summed E-state index contributed by atoms with van der Waals surface area (Å²) in [7, 11) is 1.59. The van der Waals surface area contributed by atoms with Gasteiger partial charge in [-0.3, -0.25) is 9.59 Å². The molecule has 2 aromatic rings. The van der Waals surface area contributed by atoms with E-state index in [-0.39, 0.29) is 11.3 Å². The molecule has 0 radical (unpaired) electrons. The number of unbranched alkanes of at least 4 members (excludes halogenated alkanes) is 2.